The number of rotatable bonds is 0. The molecule has 9 heteroatoms. The smallest absolute Gasteiger partial charge is 0.170 e. The molecule has 1 aliphatic carbocycles. The number of halogens is 1. The third kappa shape index (κ3) is 2.74. The van der Waals surface area contributed by atoms with Gasteiger partial charge in [-0.2, -0.15) is 15.5 Å². The fraction of sp³-hybridized carbons (Fsp3) is 0.308. The molecular formula is C26H22FN7O. The van der Waals surface area contributed by atoms with E-state index in [4.69, 9.17) is 20.7 Å². The minimum absolute atomic E-state index is 0.0274. The Morgan fingerprint density at radius 3 is 2.83 bits per heavy atom. The van der Waals surface area contributed by atoms with Gasteiger partial charge in [-0.25, -0.2) is 9.37 Å². The second-order valence-corrected chi connectivity index (χ2v) is 9.82. The Kier molecular flexibility index (Phi) is 3.86. The molecule has 0 radical (unpaired) electrons. The van der Waals surface area contributed by atoms with Crippen molar-refractivity contribution in [3.63, 3.8) is 0 Å². The maximum Gasteiger partial charge on any atom is 0.170 e. The number of aromatic nitrogens is 5. The van der Waals surface area contributed by atoms with Gasteiger partial charge in [0.1, 0.15) is 18.0 Å². The predicted octanol–water partition coefficient (Wildman–Crippen LogP) is 4.42. The molecule has 7 rings (SSSR count). The fourth-order valence-electron chi connectivity index (χ4n) is 5.85. The zero-order valence-corrected chi connectivity index (χ0v) is 19.3. The molecule has 0 saturated heterocycles. The van der Waals surface area contributed by atoms with Crippen molar-refractivity contribution in [2.45, 2.75) is 43.7 Å². The average Bonchev–Trinajstić information content (AvgIpc) is 3.21. The van der Waals surface area contributed by atoms with E-state index >= 15 is 0 Å². The molecule has 5 heterocycles. The summed E-state index contributed by atoms with van der Waals surface area (Å²) in [6.07, 6.45) is 6.10. The maximum atomic E-state index is 14.4. The SMILES string of the molecule is C[C@H]1Oc2cc(cnc2N)-c2c(C#N)nn3c2[C@H](CC32CC2)c2cn(C)nc2-c2ccc(F)cc21. The van der Waals surface area contributed by atoms with Gasteiger partial charge in [0.2, 0.25) is 0 Å². The first-order valence-electron chi connectivity index (χ1n) is 11.7. The van der Waals surface area contributed by atoms with Crippen molar-refractivity contribution in [3.05, 3.63) is 65.0 Å². The highest BCUT2D eigenvalue weighted by Gasteiger charge is 2.56. The van der Waals surface area contributed by atoms with E-state index in [1.54, 1.807) is 16.9 Å². The highest BCUT2D eigenvalue weighted by Crippen LogP contribution is 2.60. The van der Waals surface area contributed by atoms with Crippen LogP contribution in [0.3, 0.4) is 0 Å². The van der Waals surface area contributed by atoms with Gasteiger partial charge in [0.15, 0.2) is 17.3 Å². The topological polar surface area (TPSA) is 108 Å². The molecule has 0 amide bonds. The number of benzene rings is 1. The van der Waals surface area contributed by atoms with Gasteiger partial charge in [0, 0.05) is 53.2 Å². The molecule has 1 spiro atoms. The molecular weight excluding hydrogens is 445 g/mol. The van der Waals surface area contributed by atoms with Crippen LogP contribution in [0.15, 0.2) is 36.7 Å². The minimum atomic E-state index is -0.523. The Labute approximate surface area is 200 Å². The Balaban J connectivity index is 1.60. The number of hydrogen-bond acceptors (Lipinski definition) is 6. The standard InChI is InChI=1S/C26H22FN7O/c1-13-17-8-15(27)3-4-16(17)23-19(12-33(2)32-23)18-9-26(5-6-26)34-24(18)22(20(10-28)31-34)14-7-21(35-13)25(29)30-11-14/h3-4,7-8,11-13,18H,5-6,9H2,1-2H3,(H2,29,30)/t13-,18-/m1/s1. The summed E-state index contributed by atoms with van der Waals surface area (Å²) in [5.41, 5.74) is 12.3. The largest absolute Gasteiger partial charge is 0.482 e. The number of nitrogens with zero attached hydrogens (tertiary/aromatic N) is 6. The van der Waals surface area contributed by atoms with Crippen molar-refractivity contribution >= 4 is 5.82 Å². The van der Waals surface area contributed by atoms with E-state index in [-0.39, 0.29) is 23.1 Å². The van der Waals surface area contributed by atoms with Gasteiger partial charge in [0.25, 0.3) is 0 Å². The van der Waals surface area contributed by atoms with E-state index in [0.717, 1.165) is 52.9 Å². The number of hydrogen-bond donors (Lipinski definition) is 1. The molecule has 4 aromatic rings. The Hall–Kier alpha value is -4.19. The molecule has 3 aliphatic rings. The van der Waals surface area contributed by atoms with Gasteiger partial charge < -0.3 is 10.5 Å². The number of pyridine rings is 1. The first-order valence-corrected chi connectivity index (χ1v) is 11.7. The lowest BCUT2D eigenvalue weighted by atomic mass is 9.86. The van der Waals surface area contributed by atoms with Gasteiger partial charge in [0.05, 0.1) is 16.9 Å². The summed E-state index contributed by atoms with van der Waals surface area (Å²) in [6.45, 7) is 1.86. The molecule has 8 nitrogen and oxygen atoms in total. The third-order valence-electron chi connectivity index (χ3n) is 7.63. The molecule has 1 fully saturated rings. The van der Waals surface area contributed by atoms with Crippen LogP contribution in [0.25, 0.3) is 22.4 Å². The van der Waals surface area contributed by atoms with E-state index in [1.807, 2.05) is 26.2 Å². The lowest BCUT2D eigenvalue weighted by molar-refractivity contribution is 0.227. The summed E-state index contributed by atoms with van der Waals surface area (Å²) in [4.78, 5) is 4.38. The van der Waals surface area contributed by atoms with Crippen molar-refractivity contribution in [1.29, 1.82) is 5.26 Å². The van der Waals surface area contributed by atoms with Crippen LogP contribution >= 0.6 is 0 Å². The molecule has 2 atom stereocenters. The van der Waals surface area contributed by atoms with Gasteiger partial charge in [-0.15, -0.1) is 0 Å². The Morgan fingerprint density at radius 1 is 1.23 bits per heavy atom. The predicted molar refractivity (Wildman–Crippen MR) is 126 cm³/mol. The highest BCUT2D eigenvalue weighted by molar-refractivity contribution is 5.77. The number of anilines is 1. The molecule has 2 aliphatic heterocycles. The molecule has 3 aromatic heterocycles. The van der Waals surface area contributed by atoms with Crippen molar-refractivity contribution in [1.82, 2.24) is 24.5 Å². The molecule has 174 valence electrons. The minimum Gasteiger partial charge on any atom is -0.482 e. The molecule has 2 N–H and O–H groups in total. The molecule has 35 heavy (non-hydrogen) atoms. The molecule has 1 saturated carbocycles. The van der Waals surface area contributed by atoms with Crippen LogP contribution in [0.1, 0.15) is 60.7 Å². The van der Waals surface area contributed by atoms with Crippen LogP contribution in [0.5, 0.6) is 5.75 Å². The summed E-state index contributed by atoms with van der Waals surface area (Å²) in [5.74, 6) is 0.235. The lowest BCUT2D eigenvalue weighted by Crippen LogP contribution is -2.13. The lowest BCUT2D eigenvalue weighted by Gasteiger charge is -2.22. The summed E-state index contributed by atoms with van der Waals surface area (Å²) >= 11 is 0. The van der Waals surface area contributed by atoms with Crippen LogP contribution in [0, 0.1) is 17.1 Å². The van der Waals surface area contributed by atoms with Gasteiger partial charge in [-0.05, 0) is 50.5 Å². The number of aryl methyl sites for hydroxylation is 1. The summed E-state index contributed by atoms with van der Waals surface area (Å²) in [7, 11) is 1.89. The van der Waals surface area contributed by atoms with Crippen LogP contribution in [0.2, 0.25) is 0 Å². The van der Waals surface area contributed by atoms with E-state index in [1.165, 1.54) is 12.1 Å². The number of nitrogen functional groups attached to an aromatic ring is 1. The summed E-state index contributed by atoms with van der Waals surface area (Å²) in [6, 6.07) is 8.83. The maximum absolute atomic E-state index is 14.4. The first kappa shape index (κ1) is 20.2. The van der Waals surface area contributed by atoms with E-state index in [9.17, 15) is 9.65 Å². The summed E-state index contributed by atoms with van der Waals surface area (Å²) in [5, 5.41) is 19.6. The molecule has 1 aromatic carbocycles. The zero-order chi connectivity index (χ0) is 24.1. The number of fused-ring (bicyclic) bond motifs is 8. The van der Waals surface area contributed by atoms with Crippen molar-refractivity contribution in [2.24, 2.45) is 7.05 Å². The Bertz CT molecular complexity index is 1590. The molecule has 2 bridgehead atoms. The van der Waals surface area contributed by atoms with E-state index in [2.05, 4.69) is 15.7 Å². The monoisotopic (exact) mass is 467 g/mol. The zero-order valence-electron chi connectivity index (χ0n) is 19.3. The van der Waals surface area contributed by atoms with Crippen molar-refractivity contribution in [2.75, 3.05) is 5.73 Å². The van der Waals surface area contributed by atoms with Gasteiger partial charge in [-0.1, -0.05) is 0 Å². The van der Waals surface area contributed by atoms with Crippen LogP contribution in [-0.4, -0.2) is 24.5 Å². The first-order chi connectivity index (χ1) is 16.9. The van der Waals surface area contributed by atoms with Gasteiger partial charge in [-0.3, -0.25) is 9.36 Å². The average molecular weight is 468 g/mol. The normalized spacial score (nSPS) is 20.6. The van der Waals surface area contributed by atoms with E-state index in [0.29, 0.717) is 17.0 Å². The highest BCUT2D eigenvalue weighted by atomic mass is 19.1. The number of nitriles is 1. The fourth-order valence-corrected chi connectivity index (χ4v) is 5.85. The van der Waals surface area contributed by atoms with Crippen molar-refractivity contribution < 1.29 is 9.13 Å². The van der Waals surface area contributed by atoms with Crippen LogP contribution in [-0.2, 0) is 12.6 Å². The third-order valence-corrected chi connectivity index (χ3v) is 7.63. The second kappa shape index (κ2) is 6.69. The molecule has 0 unspecified atom stereocenters. The van der Waals surface area contributed by atoms with Crippen LogP contribution in [0.4, 0.5) is 10.2 Å². The number of nitrogens with two attached hydrogens (primary N) is 1. The van der Waals surface area contributed by atoms with E-state index < -0.39 is 6.10 Å². The van der Waals surface area contributed by atoms with Crippen LogP contribution < -0.4 is 10.5 Å². The Morgan fingerprint density at radius 2 is 2.06 bits per heavy atom. The number of ether oxygens (including phenoxy) is 1. The second-order valence-electron chi connectivity index (χ2n) is 9.82. The quantitative estimate of drug-likeness (QED) is 0.410. The summed E-state index contributed by atoms with van der Waals surface area (Å²) < 4.78 is 24.6. The van der Waals surface area contributed by atoms with Gasteiger partial charge >= 0.3 is 0 Å². The van der Waals surface area contributed by atoms with Crippen molar-refractivity contribution in [3.8, 4) is 34.2 Å².